The van der Waals surface area contributed by atoms with Crippen molar-refractivity contribution in [3.63, 3.8) is 0 Å². The highest BCUT2D eigenvalue weighted by atomic mass is 16.4. The van der Waals surface area contributed by atoms with Crippen molar-refractivity contribution in [3.8, 4) is 11.1 Å². The normalized spacial score (nSPS) is 15.2. The van der Waals surface area contributed by atoms with Crippen molar-refractivity contribution in [2.75, 3.05) is 26.2 Å². The topological polar surface area (TPSA) is 60.9 Å². The zero-order valence-corrected chi connectivity index (χ0v) is 14.3. The highest BCUT2D eigenvalue weighted by Crippen LogP contribution is 2.22. The van der Waals surface area contributed by atoms with E-state index < -0.39 is 5.97 Å². The maximum Gasteiger partial charge on any atom is 0.335 e. The number of hydrogen-bond donors (Lipinski definition) is 1. The summed E-state index contributed by atoms with van der Waals surface area (Å²) in [4.78, 5) is 26.6. The Morgan fingerprint density at radius 2 is 1.64 bits per heavy atom. The van der Waals surface area contributed by atoms with Crippen LogP contribution in [0.5, 0.6) is 0 Å². The van der Waals surface area contributed by atoms with E-state index in [1.165, 1.54) is 5.56 Å². The van der Waals surface area contributed by atoms with Crippen LogP contribution in [0.25, 0.3) is 11.1 Å². The lowest BCUT2D eigenvalue weighted by Crippen LogP contribution is -2.47. The van der Waals surface area contributed by atoms with E-state index in [-0.39, 0.29) is 5.91 Å². The van der Waals surface area contributed by atoms with Crippen LogP contribution in [0, 0.1) is 0 Å². The number of nitrogens with zero attached hydrogens (tertiary/aromatic N) is 2. The van der Waals surface area contributed by atoms with Crippen molar-refractivity contribution in [2.45, 2.75) is 13.5 Å². The number of aromatic carboxylic acids is 1. The van der Waals surface area contributed by atoms with Crippen molar-refractivity contribution in [2.24, 2.45) is 0 Å². The second kappa shape index (κ2) is 7.49. The quantitative estimate of drug-likeness (QED) is 0.931. The second-order valence-electron chi connectivity index (χ2n) is 6.37. The molecule has 0 saturated carbocycles. The fourth-order valence-corrected chi connectivity index (χ4v) is 3.13. The van der Waals surface area contributed by atoms with Gasteiger partial charge in [0, 0.05) is 39.6 Å². The number of benzene rings is 2. The Hall–Kier alpha value is -2.66. The third-order valence-corrected chi connectivity index (χ3v) is 4.62. The summed E-state index contributed by atoms with van der Waals surface area (Å²) in [6, 6.07) is 15.3. The van der Waals surface area contributed by atoms with Crippen LogP contribution in [-0.4, -0.2) is 53.0 Å². The molecule has 0 radical (unpaired) electrons. The molecule has 1 N–H and O–H groups in total. The predicted octanol–water partition coefficient (Wildman–Crippen LogP) is 2.72. The molecule has 0 spiro atoms. The minimum absolute atomic E-state index is 0.145. The van der Waals surface area contributed by atoms with Gasteiger partial charge in [-0.1, -0.05) is 30.3 Å². The van der Waals surface area contributed by atoms with Gasteiger partial charge in [-0.25, -0.2) is 4.79 Å². The van der Waals surface area contributed by atoms with Gasteiger partial charge in [0.1, 0.15) is 0 Å². The maximum absolute atomic E-state index is 11.4. The lowest BCUT2D eigenvalue weighted by molar-refractivity contribution is -0.130. The van der Waals surface area contributed by atoms with Crippen LogP contribution in [0.1, 0.15) is 22.8 Å². The summed E-state index contributed by atoms with van der Waals surface area (Å²) < 4.78 is 0. The minimum Gasteiger partial charge on any atom is -0.478 e. The van der Waals surface area contributed by atoms with E-state index in [1.54, 1.807) is 19.1 Å². The molecule has 5 nitrogen and oxygen atoms in total. The summed E-state index contributed by atoms with van der Waals surface area (Å²) in [6.45, 7) is 5.81. The van der Waals surface area contributed by atoms with Crippen molar-refractivity contribution < 1.29 is 14.7 Å². The molecule has 0 bridgehead atoms. The Labute approximate surface area is 147 Å². The van der Waals surface area contributed by atoms with Gasteiger partial charge in [0.2, 0.25) is 5.91 Å². The molecule has 5 heteroatoms. The molecule has 1 heterocycles. The van der Waals surface area contributed by atoms with Gasteiger partial charge in [0.15, 0.2) is 0 Å². The van der Waals surface area contributed by atoms with Gasteiger partial charge in [-0.3, -0.25) is 9.69 Å². The van der Waals surface area contributed by atoms with Gasteiger partial charge in [0.05, 0.1) is 5.56 Å². The van der Waals surface area contributed by atoms with Crippen molar-refractivity contribution in [1.82, 2.24) is 9.80 Å². The molecule has 130 valence electrons. The predicted molar refractivity (Wildman–Crippen MR) is 96.4 cm³/mol. The Kier molecular flexibility index (Phi) is 5.14. The lowest BCUT2D eigenvalue weighted by atomic mass is 10.0. The standard InChI is InChI=1S/C20H22N2O3/c1-15(23)22-11-9-21(10-12-22)14-16-3-2-4-19(13-16)17-5-7-18(8-6-17)20(24)25/h2-8,13H,9-12,14H2,1H3,(H,24,25). The summed E-state index contributed by atoms with van der Waals surface area (Å²) in [7, 11) is 0. The molecule has 1 fully saturated rings. The molecule has 0 aromatic heterocycles. The van der Waals surface area contributed by atoms with E-state index in [1.807, 2.05) is 29.2 Å². The number of carbonyl (C=O) groups excluding carboxylic acids is 1. The molecule has 2 aromatic carbocycles. The fraction of sp³-hybridized carbons (Fsp3) is 0.300. The Bertz CT molecular complexity index is 763. The zero-order chi connectivity index (χ0) is 17.8. The number of piperazine rings is 1. The Morgan fingerprint density at radius 3 is 2.24 bits per heavy atom. The van der Waals surface area contributed by atoms with Crippen LogP contribution in [0.4, 0.5) is 0 Å². The molecular weight excluding hydrogens is 316 g/mol. The summed E-state index contributed by atoms with van der Waals surface area (Å²) in [5.74, 6) is -0.767. The van der Waals surface area contributed by atoms with Crippen LogP contribution in [0.15, 0.2) is 48.5 Å². The Balaban J connectivity index is 1.67. The summed E-state index contributed by atoms with van der Waals surface area (Å²) in [5.41, 5.74) is 3.60. The molecule has 3 rings (SSSR count). The third kappa shape index (κ3) is 4.25. The SMILES string of the molecule is CC(=O)N1CCN(Cc2cccc(-c3ccc(C(=O)O)cc3)c2)CC1. The summed E-state index contributed by atoms with van der Waals surface area (Å²) in [6.07, 6.45) is 0. The smallest absolute Gasteiger partial charge is 0.335 e. The molecule has 1 aliphatic heterocycles. The molecule has 0 atom stereocenters. The van der Waals surface area contributed by atoms with Crippen molar-refractivity contribution in [3.05, 3.63) is 59.7 Å². The van der Waals surface area contributed by atoms with Gasteiger partial charge in [-0.2, -0.15) is 0 Å². The maximum atomic E-state index is 11.4. The van der Waals surface area contributed by atoms with Crippen molar-refractivity contribution in [1.29, 1.82) is 0 Å². The molecule has 0 aliphatic carbocycles. The Morgan fingerprint density at radius 1 is 0.960 bits per heavy atom. The first-order valence-corrected chi connectivity index (χ1v) is 8.43. The molecule has 1 aliphatic rings. The average molecular weight is 338 g/mol. The monoisotopic (exact) mass is 338 g/mol. The van der Waals surface area contributed by atoms with Gasteiger partial charge in [-0.05, 0) is 34.9 Å². The van der Waals surface area contributed by atoms with E-state index in [4.69, 9.17) is 5.11 Å². The average Bonchev–Trinajstić information content (AvgIpc) is 2.62. The number of carbonyl (C=O) groups is 2. The molecular formula is C20H22N2O3. The number of amides is 1. The number of carboxylic acids is 1. The third-order valence-electron chi connectivity index (χ3n) is 4.62. The first-order chi connectivity index (χ1) is 12.0. The first-order valence-electron chi connectivity index (χ1n) is 8.43. The van der Waals surface area contributed by atoms with E-state index in [0.717, 1.165) is 43.9 Å². The number of rotatable bonds is 4. The fourth-order valence-electron chi connectivity index (χ4n) is 3.13. The van der Waals surface area contributed by atoms with Gasteiger partial charge in [0.25, 0.3) is 0 Å². The van der Waals surface area contributed by atoms with E-state index in [2.05, 4.69) is 17.0 Å². The molecule has 0 unspecified atom stereocenters. The number of carboxylic acid groups (broad SMARTS) is 1. The van der Waals surface area contributed by atoms with Crippen LogP contribution in [0.2, 0.25) is 0 Å². The first kappa shape index (κ1) is 17.2. The van der Waals surface area contributed by atoms with Crippen molar-refractivity contribution >= 4 is 11.9 Å². The highest BCUT2D eigenvalue weighted by molar-refractivity contribution is 5.88. The largest absolute Gasteiger partial charge is 0.478 e. The van der Waals surface area contributed by atoms with Gasteiger partial charge >= 0.3 is 5.97 Å². The highest BCUT2D eigenvalue weighted by Gasteiger charge is 2.18. The molecule has 25 heavy (non-hydrogen) atoms. The molecule has 2 aromatic rings. The zero-order valence-electron chi connectivity index (χ0n) is 14.3. The molecule has 1 amide bonds. The van der Waals surface area contributed by atoms with Gasteiger partial charge in [-0.15, -0.1) is 0 Å². The molecule has 1 saturated heterocycles. The summed E-state index contributed by atoms with van der Waals surface area (Å²) >= 11 is 0. The van der Waals surface area contributed by atoms with Crippen LogP contribution in [-0.2, 0) is 11.3 Å². The van der Waals surface area contributed by atoms with E-state index in [9.17, 15) is 9.59 Å². The van der Waals surface area contributed by atoms with Crippen LogP contribution < -0.4 is 0 Å². The van der Waals surface area contributed by atoms with E-state index >= 15 is 0 Å². The minimum atomic E-state index is -0.912. The second-order valence-corrected chi connectivity index (χ2v) is 6.37. The van der Waals surface area contributed by atoms with Crippen LogP contribution >= 0.6 is 0 Å². The summed E-state index contributed by atoms with van der Waals surface area (Å²) in [5, 5.41) is 9.00. The lowest BCUT2D eigenvalue weighted by Gasteiger charge is -2.34. The van der Waals surface area contributed by atoms with Crippen LogP contribution in [0.3, 0.4) is 0 Å². The van der Waals surface area contributed by atoms with Gasteiger partial charge < -0.3 is 10.0 Å². The number of hydrogen-bond acceptors (Lipinski definition) is 3. The van der Waals surface area contributed by atoms with E-state index in [0.29, 0.717) is 5.56 Å².